The van der Waals surface area contributed by atoms with Crippen molar-refractivity contribution in [2.45, 2.75) is 19.8 Å². The second-order valence-electron chi connectivity index (χ2n) is 4.55. The lowest BCUT2D eigenvalue weighted by atomic mass is 9.99. The highest BCUT2D eigenvalue weighted by Crippen LogP contribution is 2.21. The molecule has 3 nitrogen and oxygen atoms in total. The van der Waals surface area contributed by atoms with E-state index >= 15 is 0 Å². The summed E-state index contributed by atoms with van der Waals surface area (Å²) in [7, 11) is 2.02. The lowest BCUT2D eigenvalue weighted by molar-refractivity contribution is -0.141. The van der Waals surface area contributed by atoms with Crippen LogP contribution in [-0.2, 0) is 18.3 Å². The normalized spacial score (nSPS) is 12.8. The van der Waals surface area contributed by atoms with Gasteiger partial charge in [-0.1, -0.05) is 19.1 Å². The molecule has 1 aromatic heterocycles. The number of hydrogen-bond acceptors (Lipinski definition) is 1. The van der Waals surface area contributed by atoms with Crippen molar-refractivity contribution in [1.82, 2.24) is 4.57 Å². The molecule has 1 heterocycles. The van der Waals surface area contributed by atoms with Gasteiger partial charge in [0.2, 0.25) is 0 Å². The Morgan fingerprint density at radius 1 is 1.41 bits per heavy atom. The summed E-state index contributed by atoms with van der Waals surface area (Å²) < 4.78 is 2.08. The molecule has 1 N–H and O–H groups in total. The van der Waals surface area contributed by atoms with E-state index in [1.165, 1.54) is 16.5 Å². The summed E-state index contributed by atoms with van der Waals surface area (Å²) in [6.07, 6.45) is 3.53. The Labute approximate surface area is 101 Å². The fourth-order valence-electron chi connectivity index (χ4n) is 2.08. The monoisotopic (exact) mass is 231 g/mol. The van der Waals surface area contributed by atoms with E-state index in [-0.39, 0.29) is 5.92 Å². The Balaban J connectivity index is 2.21. The third kappa shape index (κ3) is 2.33. The van der Waals surface area contributed by atoms with Gasteiger partial charge in [-0.25, -0.2) is 0 Å². The first kappa shape index (κ1) is 11.7. The molecule has 2 aromatic rings. The lowest BCUT2D eigenvalue weighted by Gasteiger charge is -2.07. The molecule has 0 bridgehead atoms. The van der Waals surface area contributed by atoms with Crippen LogP contribution in [0.2, 0.25) is 0 Å². The molecule has 0 fully saturated rings. The third-order valence-electron chi connectivity index (χ3n) is 3.29. The number of carboxylic acids is 1. The van der Waals surface area contributed by atoms with Crippen LogP contribution in [0.3, 0.4) is 0 Å². The van der Waals surface area contributed by atoms with E-state index in [4.69, 9.17) is 5.11 Å². The second-order valence-corrected chi connectivity index (χ2v) is 4.55. The van der Waals surface area contributed by atoms with Gasteiger partial charge in [-0.15, -0.1) is 0 Å². The van der Waals surface area contributed by atoms with Gasteiger partial charge < -0.3 is 9.67 Å². The minimum atomic E-state index is -0.717. The lowest BCUT2D eigenvalue weighted by Crippen LogP contribution is -2.10. The summed E-state index contributed by atoms with van der Waals surface area (Å²) in [5, 5.41) is 10.1. The van der Waals surface area contributed by atoms with Crippen LogP contribution in [0.15, 0.2) is 30.5 Å². The average molecular weight is 231 g/mol. The Bertz CT molecular complexity index is 542. The fraction of sp³-hybridized carbons (Fsp3) is 0.357. The molecule has 0 aliphatic rings. The van der Waals surface area contributed by atoms with E-state index in [0.717, 1.165) is 6.42 Å². The molecular weight excluding hydrogens is 214 g/mol. The summed E-state index contributed by atoms with van der Waals surface area (Å²) in [4.78, 5) is 10.8. The van der Waals surface area contributed by atoms with E-state index in [0.29, 0.717) is 6.42 Å². The topological polar surface area (TPSA) is 42.2 Å². The van der Waals surface area contributed by atoms with Crippen LogP contribution in [0.1, 0.15) is 18.9 Å². The van der Waals surface area contributed by atoms with Gasteiger partial charge in [0.15, 0.2) is 0 Å². The maximum atomic E-state index is 10.8. The van der Waals surface area contributed by atoms with Crippen LogP contribution in [0.4, 0.5) is 0 Å². The second kappa shape index (κ2) is 4.62. The van der Waals surface area contributed by atoms with Gasteiger partial charge in [-0.3, -0.25) is 4.79 Å². The van der Waals surface area contributed by atoms with Crippen molar-refractivity contribution in [3.05, 3.63) is 36.0 Å². The first-order valence-corrected chi connectivity index (χ1v) is 5.85. The maximum absolute atomic E-state index is 10.8. The molecule has 0 aliphatic heterocycles. The van der Waals surface area contributed by atoms with Crippen molar-refractivity contribution < 1.29 is 9.90 Å². The summed E-state index contributed by atoms with van der Waals surface area (Å²) in [6, 6.07) is 8.29. The first-order valence-electron chi connectivity index (χ1n) is 5.85. The zero-order valence-electron chi connectivity index (χ0n) is 10.2. The molecular formula is C14H17NO2. The summed E-state index contributed by atoms with van der Waals surface area (Å²) in [6.45, 7) is 1.76. The number of carbonyl (C=O) groups is 1. The minimum absolute atomic E-state index is 0.283. The number of aliphatic carboxylic acids is 1. The van der Waals surface area contributed by atoms with Crippen molar-refractivity contribution in [1.29, 1.82) is 0 Å². The molecule has 0 aliphatic carbocycles. The van der Waals surface area contributed by atoms with E-state index in [1.54, 1.807) is 6.92 Å². The molecule has 0 radical (unpaired) electrons. The van der Waals surface area contributed by atoms with Gasteiger partial charge >= 0.3 is 5.97 Å². The van der Waals surface area contributed by atoms with Gasteiger partial charge in [0.25, 0.3) is 0 Å². The van der Waals surface area contributed by atoms with Crippen LogP contribution in [0.5, 0.6) is 0 Å². The van der Waals surface area contributed by atoms with Crippen molar-refractivity contribution in [3.63, 3.8) is 0 Å². The van der Waals surface area contributed by atoms with Crippen molar-refractivity contribution >= 4 is 16.9 Å². The van der Waals surface area contributed by atoms with E-state index in [1.807, 2.05) is 19.3 Å². The molecule has 0 spiro atoms. The van der Waals surface area contributed by atoms with Gasteiger partial charge in [0.1, 0.15) is 0 Å². The van der Waals surface area contributed by atoms with Gasteiger partial charge in [-0.05, 0) is 30.5 Å². The standard InChI is InChI=1S/C14H17NO2/c1-10(14(16)17)6-7-11-4-3-5-13-12(11)8-9-15(13)2/h3-5,8-10H,6-7H2,1-2H3,(H,16,17). The highest BCUT2D eigenvalue weighted by Gasteiger charge is 2.11. The fourth-order valence-corrected chi connectivity index (χ4v) is 2.08. The Morgan fingerprint density at radius 3 is 2.88 bits per heavy atom. The summed E-state index contributed by atoms with van der Waals surface area (Å²) >= 11 is 0. The molecule has 17 heavy (non-hydrogen) atoms. The number of rotatable bonds is 4. The number of aryl methyl sites for hydroxylation is 2. The highest BCUT2D eigenvalue weighted by molar-refractivity contribution is 5.83. The first-order chi connectivity index (χ1) is 8.09. The van der Waals surface area contributed by atoms with Crippen LogP contribution in [0, 0.1) is 5.92 Å². The van der Waals surface area contributed by atoms with Crippen LogP contribution in [0.25, 0.3) is 10.9 Å². The van der Waals surface area contributed by atoms with Gasteiger partial charge in [0, 0.05) is 24.1 Å². The molecule has 1 aromatic carbocycles. The number of hydrogen-bond donors (Lipinski definition) is 1. The molecule has 3 heteroatoms. The van der Waals surface area contributed by atoms with Crippen molar-refractivity contribution in [2.75, 3.05) is 0 Å². The van der Waals surface area contributed by atoms with Crippen LogP contribution in [-0.4, -0.2) is 15.6 Å². The average Bonchev–Trinajstić information content (AvgIpc) is 2.69. The molecule has 1 atom stereocenters. The van der Waals surface area contributed by atoms with Gasteiger partial charge in [-0.2, -0.15) is 0 Å². The number of nitrogens with zero attached hydrogens (tertiary/aromatic N) is 1. The SMILES string of the molecule is CC(CCc1cccc2c1ccn2C)C(=O)O. The Kier molecular flexibility index (Phi) is 3.18. The Hall–Kier alpha value is -1.77. The molecule has 0 saturated heterocycles. The molecule has 2 rings (SSSR count). The van der Waals surface area contributed by atoms with Crippen molar-refractivity contribution in [3.8, 4) is 0 Å². The number of fused-ring (bicyclic) bond motifs is 1. The molecule has 0 saturated carbocycles. The zero-order valence-corrected chi connectivity index (χ0v) is 10.2. The van der Waals surface area contributed by atoms with Crippen LogP contribution >= 0.6 is 0 Å². The molecule has 1 unspecified atom stereocenters. The predicted molar refractivity (Wildman–Crippen MR) is 68.0 cm³/mol. The number of carboxylic acid groups (broad SMARTS) is 1. The summed E-state index contributed by atoms with van der Waals surface area (Å²) in [5.41, 5.74) is 2.43. The van der Waals surface area contributed by atoms with Crippen molar-refractivity contribution in [2.24, 2.45) is 13.0 Å². The quantitative estimate of drug-likeness (QED) is 0.879. The van der Waals surface area contributed by atoms with Gasteiger partial charge in [0.05, 0.1) is 5.92 Å². The van der Waals surface area contributed by atoms with E-state index < -0.39 is 5.97 Å². The van der Waals surface area contributed by atoms with E-state index in [9.17, 15) is 4.79 Å². The number of aromatic nitrogens is 1. The minimum Gasteiger partial charge on any atom is -0.481 e. The smallest absolute Gasteiger partial charge is 0.306 e. The summed E-state index contributed by atoms with van der Waals surface area (Å²) in [5.74, 6) is -1.00. The van der Waals surface area contributed by atoms with E-state index in [2.05, 4.69) is 22.8 Å². The largest absolute Gasteiger partial charge is 0.481 e. The Morgan fingerprint density at radius 2 is 2.18 bits per heavy atom. The maximum Gasteiger partial charge on any atom is 0.306 e. The third-order valence-corrected chi connectivity index (χ3v) is 3.29. The highest BCUT2D eigenvalue weighted by atomic mass is 16.4. The molecule has 0 amide bonds. The predicted octanol–water partition coefficient (Wildman–Crippen LogP) is 2.83. The van der Waals surface area contributed by atoms with Crippen LogP contribution < -0.4 is 0 Å². The number of benzene rings is 1. The molecule has 90 valence electrons. The zero-order chi connectivity index (χ0) is 12.4.